The molecule has 0 fully saturated rings. The summed E-state index contributed by atoms with van der Waals surface area (Å²) < 4.78 is 0. The van der Waals surface area contributed by atoms with E-state index in [1.807, 2.05) is 13.8 Å². The number of benzene rings is 2. The van der Waals surface area contributed by atoms with Crippen LogP contribution in [0.3, 0.4) is 0 Å². The van der Waals surface area contributed by atoms with E-state index in [1.165, 1.54) is 51.8 Å². The smallest absolute Gasteiger partial charge is 0.0159 e. The zero-order valence-corrected chi connectivity index (χ0v) is 17.0. The highest BCUT2D eigenvalue weighted by Gasteiger charge is 2.36. The van der Waals surface area contributed by atoms with E-state index in [-0.39, 0.29) is 5.41 Å². The van der Waals surface area contributed by atoms with Crippen LogP contribution < -0.4 is 0 Å². The highest BCUT2D eigenvalue weighted by Crippen LogP contribution is 2.50. The summed E-state index contributed by atoms with van der Waals surface area (Å²) in [6, 6.07) is 11.9. The first-order chi connectivity index (χ1) is 11.9. The van der Waals surface area contributed by atoms with Gasteiger partial charge in [0.05, 0.1) is 0 Å². The highest BCUT2D eigenvalue weighted by molar-refractivity contribution is 5.83. The first-order valence-corrected chi connectivity index (χ1v) is 9.87. The van der Waals surface area contributed by atoms with Gasteiger partial charge < -0.3 is 0 Å². The topological polar surface area (TPSA) is 0 Å². The fraction of sp³-hybridized carbons (Fsp3) is 0.440. The van der Waals surface area contributed by atoms with Crippen molar-refractivity contribution in [3.8, 4) is 11.1 Å². The van der Waals surface area contributed by atoms with Gasteiger partial charge in [0, 0.05) is 5.41 Å². The lowest BCUT2D eigenvalue weighted by molar-refractivity contribution is 0.658. The van der Waals surface area contributed by atoms with E-state index in [0.29, 0.717) is 5.92 Å². The molecule has 25 heavy (non-hydrogen) atoms. The van der Waals surface area contributed by atoms with Gasteiger partial charge in [-0.25, -0.2) is 0 Å². The zero-order chi connectivity index (χ0) is 18.4. The second kappa shape index (κ2) is 6.48. The minimum absolute atomic E-state index is 0.106. The molecule has 2 aromatic rings. The van der Waals surface area contributed by atoms with Gasteiger partial charge in [-0.3, -0.25) is 0 Å². The van der Waals surface area contributed by atoms with Gasteiger partial charge in [0.2, 0.25) is 0 Å². The maximum atomic E-state index is 2.47. The quantitative estimate of drug-likeness (QED) is 0.513. The molecule has 0 amide bonds. The second-order valence-electron chi connectivity index (χ2n) is 8.14. The second-order valence-corrected chi connectivity index (χ2v) is 8.14. The fourth-order valence-electron chi connectivity index (χ4n) is 4.31. The summed E-state index contributed by atoms with van der Waals surface area (Å²) in [5.41, 5.74) is 11.9. The van der Waals surface area contributed by atoms with Gasteiger partial charge in [0.1, 0.15) is 0 Å². The molecule has 0 bridgehead atoms. The van der Waals surface area contributed by atoms with Gasteiger partial charge >= 0.3 is 0 Å². The summed E-state index contributed by atoms with van der Waals surface area (Å²) in [5, 5.41) is 0. The molecule has 2 aliphatic rings. The van der Waals surface area contributed by atoms with Gasteiger partial charge in [-0.05, 0) is 65.1 Å². The average Bonchev–Trinajstić information content (AvgIpc) is 2.81. The molecule has 0 heteroatoms. The molecule has 4 rings (SSSR count). The van der Waals surface area contributed by atoms with Crippen molar-refractivity contribution in [1.82, 2.24) is 0 Å². The molecule has 0 nitrogen and oxygen atoms in total. The van der Waals surface area contributed by atoms with Crippen LogP contribution in [0.5, 0.6) is 0 Å². The van der Waals surface area contributed by atoms with Crippen LogP contribution in [0.1, 0.15) is 75.8 Å². The molecule has 0 aromatic heterocycles. The van der Waals surface area contributed by atoms with Crippen molar-refractivity contribution < 1.29 is 0 Å². The molecule has 0 N–H and O–H groups in total. The van der Waals surface area contributed by atoms with E-state index < -0.39 is 0 Å². The van der Waals surface area contributed by atoms with Crippen LogP contribution in [0.4, 0.5) is 0 Å². The maximum Gasteiger partial charge on any atom is 0.0159 e. The van der Waals surface area contributed by atoms with E-state index >= 15 is 0 Å². The molecular formula is C25H32. The van der Waals surface area contributed by atoms with Crippen LogP contribution in [0, 0.1) is 12.8 Å². The SMILES string of the molecule is CC.Cc1ccc2c(c1)C(C)(C)c1cc3c(cc1-2)CCC(C(C)C)=C3. The summed E-state index contributed by atoms with van der Waals surface area (Å²) in [4.78, 5) is 0. The van der Waals surface area contributed by atoms with Gasteiger partial charge in [-0.1, -0.05) is 83.0 Å². The number of fused-ring (bicyclic) bond motifs is 4. The Morgan fingerprint density at radius 2 is 1.56 bits per heavy atom. The largest absolute Gasteiger partial charge is 0.0683 e. The molecule has 132 valence electrons. The molecule has 0 heterocycles. The Kier molecular flexibility index (Phi) is 4.66. The summed E-state index contributed by atoms with van der Waals surface area (Å²) >= 11 is 0. The predicted molar refractivity (Wildman–Crippen MR) is 111 cm³/mol. The van der Waals surface area contributed by atoms with Crippen LogP contribution in [0.15, 0.2) is 35.9 Å². The minimum atomic E-state index is 0.106. The zero-order valence-electron chi connectivity index (χ0n) is 17.0. The van der Waals surface area contributed by atoms with Gasteiger partial charge in [0.15, 0.2) is 0 Å². The van der Waals surface area contributed by atoms with Crippen molar-refractivity contribution in [3.05, 3.63) is 63.7 Å². The van der Waals surface area contributed by atoms with Crippen LogP contribution in [-0.4, -0.2) is 0 Å². The Balaban J connectivity index is 0.000000880. The number of hydrogen-bond donors (Lipinski definition) is 0. The lowest BCUT2D eigenvalue weighted by Gasteiger charge is -2.24. The van der Waals surface area contributed by atoms with Crippen LogP contribution in [-0.2, 0) is 11.8 Å². The molecule has 2 aliphatic carbocycles. The van der Waals surface area contributed by atoms with Crippen molar-refractivity contribution in [3.63, 3.8) is 0 Å². The summed E-state index contributed by atoms with van der Waals surface area (Å²) in [6.07, 6.45) is 4.86. The third-order valence-electron chi connectivity index (χ3n) is 5.86. The van der Waals surface area contributed by atoms with E-state index in [4.69, 9.17) is 0 Å². The van der Waals surface area contributed by atoms with Crippen LogP contribution in [0.25, 0.3) is 17.2 Å². The lowest BCUT2D eigenvalue weighted by Crippen LogP contribution is -2.16. The molecule has 0 saturated carbocycles. The van der Waals surface area contributed by atoms with Gasteiger partial charge in [-0.15, -0.1) is 0 Å². The minimum Gasteiger partial charge on any atom is -0.0683 e. The van der Waals surface area contributed by atoms with Crippen molar-refractivity contribution in [1.29, 1.82) is 0 Å². The Bertz CT molecular complexity index is 831. The molecule has 0 aliphatic heterocycles. The summed E-state index contributed by atoms with van der Waals surface area (Å²) in [6.45, 7) is 15.6. The average molecular weight is 333 g/mol. The third-order valence-corrected chi connectivity index (χ3v) is 5.86. The predicted octanol–water partition coefficient (Wildman–Crippen LogP) is 7.31. The Labute approximate surface area is 154 Å². The van der Waals surface area contributed by atoms with Crippen molar-refractivity contribution in [2.75, 3.05) is 0 Å². The Hall–Kier alpha value is -1.82. The lowest BCUT2D eigenvalue weighted by atomic mass is 9.79. The number of hydrogen-bond acceptors (Lipinski definition) is 0. The normalized spacial score (nSPS) is 16.4. The van der Waals surface area contributed by atoms with Gasteiger partial charge in [0.25, 0.3) is 0 Å². The van der Waals surface area contributed by atoms with Crippen LogP contribution in [0.2, 0.25) is 0 Å². The molecule has 0 saturated heterocycles. The molecular weight excluding hydrogens is 300 g/mol. The molecule has 0 spiro atoms. The molecule has 0 radical (unpaired) electrons. The first-order valence-electron chi connectivity index (χ1n) is 9.87. The molecule has 2 aromatic carbocycles. The Morgan fingerprint density at radius 3 is 2.24 bits per heavy atom. The monoisotopic (exact) mass is 332 g/mol. The molecule has 0 unspecified atom stereocenters. The molecule has 0 atom stereocenters. The van der Waals surface area contributed by atoms with E-state index in [1.54, 1.807) is 5.57 Å². The summed E-state index contributed by atoms with van der Waals surface area (Å²) in [5.74, 6) is 0.657. The van der Waals surface area contributed by atoms with E-state index in [2.05, 4.69) is 71.0 Å². The van der Waals surface area contributed by atoms with Gasteiger partial charge in [-0.2, -0.15) is 0 Å². The number of rotatable bonds is 1. The maximum absolute atomic E-state index is 2.47. The van der Waals surface area contributed by atoms with E-state index in [9.17, 15) is 0 Å². The first kappa shape index (κ1) is 18.0. The highest BCUT2D eigenvalue weighted by atomic mass is 14.4. The van der Waals surface area contributed by atoms with Crippen LogP contribution >= 0.6 is 0 Å². The van der Waals surface area contributed by atoms with Crippen molar-refractivity contribution in [2.45, 2.75) is 66.7 Å². The number of aryl methyl sites for hydroxylation is 2. The van der Waals surface area contributed by atoms with Crippen molar-refractivity contribution >= 4 is 6.08 Å². The third kappa shape index (κ3) is 2.86. The van der Waals surface area contributed by atoms with Crippen molar-refractivity contribution in [2.24, 2.45) is 5.92 Å². The standard InChI is InChI=1S/C23H26.C2H6/c1-14(2)16-7-8-17-12-20-19-9-6-15(3)10-21(19)23(4,5)22(20)13-18(17)11-16;1-2/h6,9-14H,7-8H2,1-5H3;1-2H3. The fourth-order valence-corrected chi connectivity index (χ4v) is 4.31. The Morgan fingerprint density at radius 1 is 0.880 bits per heavy atom. The summed E-state index contributed by atoms with van der Waals surface area (Å²) in [7, 11) is 0. The number of allylic oxidation sites excluding steroid dienone is 1. The van der Waals surface area contributed by atoms with E-state index in [0.717, 1.165) is 0 Å².